The summed E-state index contributed by atoms with van der Waals surface area (Å²) in [6.07, 6.45) is 7.05. The van der Waals surface area contributed by atoms with Crippen LogP contribution < -0.4 is 5.73 Å². The highest BCUT2D eigenvalue weighted by Crippen LogP contribution is 2.38. The first kappa shape index (κ1) is 13.0. The molecular weight excluding hydrogens is 228 g/mol. The first-order chi connectivity index (χ1) is 8.55. The van der Waals surface area contributed by atoms with E-state index in [0.717, 1.165) is 19.3 Å². The Morgan fingerprint density at radius 1 is 1.39 bits per heavy atom. The number of hydrogen-bond donors (Lipinski definition) is 1. The highest BCUT2D eigenvalue weighted by atomic mass is 16.2. The molecule has 1 amide bonds. The summed E-state index contributed by atoms with van der Waals surface area (Å²) in [7, 11) is 3.49. The van der Waals surface area contributed by atoms with Crippen LogP contribution in [0.15, 0.2) is 18.5 Å². The van der Waals surface area contributed by atoms with Gasteiger partial charge in [0.25, 0.3) is 0 Å². The molecule has 1 saturated carbocycles. The molecule has 2 rings (SSSR count). The van der Waals surface area contributed by atoms with Crippen LogP contribution in [0.25, 0.3) is 0 Å². The largest absolute Gasteiger partial charge is 0.347 e. The van der Waals surface area contributed by atoms with Crippen molar-refractivity contribution < 1.29 is 4.79 Å². The Kier molecular flexibility index (Phi) is 3.61. The molecule has 2 atom stereocenters. The molecule has 5 nitrogen and oxygen atoms in total. The van der Waals surface area contributed by atoms with Crippen molar-refractivity contribution in [1.82, 2.24) is 14.9 Å². The zero-order valence-corrected chi connectivity index (χ0v) is 11.0. The van der Waals surface area contributed by atoms with Crippen LogP contribution in [0.1, 0.15) is 37.4 Å². The summed E-state index contributed by atoms with van der Waals surface area (Å²) in [6.45, 7) is 0. The minimum absolute atomic E-state index is 0.0281. The quantitative estimate of drug-likeness (QED) is 0.844. The van der Waals surface area contributed by atoms with Gasteiger partial charge in [-0.3, -0.25) is 4.79 Å². The summed E-state index contributed by atoms with van der Waals surface area (Å²) in [4.78, 5) is 22.5. The first-order valence-electron chi connectivity index (χ1n) is 6.33. The van der Waals surface area contributed by atoms with Gasteiger partial charge in [0.05, 0.1) is 0 Å². The van der Waals surface area contributed by atoms with E-state index in [1.54, 1.807) is 37.5 Å². The van der Waals surface area contributed by atoms with Gasteiger partial charge >= 0.3 is 0 Å². The number of nitrogens with zero attached hydrogens (tertiary/aromatic N) is 3. The van der Waals surface area contributed by atoms with E-state index in [-0.39, 0.29) is 11.8 Å². The van der Waals surface area contributed by atoms with Crippen LogP contribution in [0, 0.1) is 0 Å². The van der Waals surface area contributed by atoms with Crippen LogP contribution in [0.3, 0.4) is 0 Å². The Morgan fingerprint density at radius 3 is 2.67 bits per heavy atom. The van der Waals surface area contributed by atoms with Crippen LogP contribution in [-0.2, 0) is 4.79 Å². The minimum atomic E-state index is -0.858. The van der Waals surface area contributed by atoms with Crippen LogP contribution in [0.4, 0.5) is 0 Å². The van der Waals surface area contributed by atoms with Crippen LogP contribution in [0.2, 0.25) is 0 Å². The molecule has 2 unspecified atom stereocenters. The van der Waals surface area contributed by atoms with E-state index in [1.165, 1.54) is 0 Å². The van der Waals surface area contributed by atoms with Gasteiger partial charge in [0.15, 0.2) is 0 Å². The highest BCUT2D eigenvalue weighted by molar-refractivity contribution is 5.87. The molecular formula is C13H20N4O. The SMILES string of the molecule is CN(C)C(=O)C1(N)CCCCC1c1ncccn1. The number of carbonyl (C=O) groups is 1. The van der Waals surface area contributed by atoms with Crippen molar-refractivity contribution in [2.45, 2.75) is 37.1 Å². The van der Waals surface area contributed by atoms with Crippen molar-refractivity contribution in [3.8, 4) is 0 Å². The van der Waals surface area contributed by atoms with Gasteiger partial charge in [0.2, 0.25) is 5.91 Å². The maximum atomic E-state index is 12.3. The third-order valence-corrected chi connectivity index (χ3v) is 3.66. The molecule has 1 heterocycles. The van der Waals surface area contributed by atoms with E-state index in [2.05, 4.69) is 9.97 Å². The average molecular weight is 248 g/mol. The van der Waals surface area contributed by atoms with Gasteiger partial charge in [-0.15, -0.1) is 0 Å². The lowest BCUT2D eigenvalue weighted by Crippen LogP contribution is -2.58. The van der Waals surface area contributed by atoms with E-state index >= 15 is 0 Å². The lowest BCUT2D eigenvalue weighted by Gasteiger charge is -2.40. The third kappa shape index (κ3) is 2.22. The number of rotatable bonds is 2. The maximum Gasteiger partial charge on any atom is 0.242 e. The Hall–Kier alpha value is -1.49. The van der Waals surface area contributed by atoms with E-state index in [4.69, 9.17) is 5.73 Å². The summed E-state index contributed by atoms with van der Waals surface area (Å²) in [5, 5.41) is 0. The second kappa shape index (κ2) is 5.02. The number of nitrogens with two attached hydrogens (primary N) is 1. The molecule has 0 radical (unpaired) electrons. The van der Waals surface area contributed by atoms with Gasteiger partial charge in [-0.2, -0.15) is 0 Å². The summed E-state index contributed by atoms with van der Waals surface area (Å²) in [5.74, 6) is 0.580. The van der Waals surface area contributed by atoms with Crippen molar-refractivity contribution >= 4 is 5.91 Å². The second-order valence-electron chi connectivity index (χ2n) is 5.15. The van der Waals surface area contributed by atoms with E-state index in [1.807, 2.05) is 0 Å². The fourth-order valence-corrected chi connectivity index (χ4v) is 2.72. The van der Waals surface area contributed by atoms with E-state index < -0.39 is 5.54 Å². The first-order valence-corrected chi connectivity index (χ1v) is 6.33. The molecule has 1 aromatic heterocycles. The van der Waals surface area contributed by atoms with Gasteiger partial charge in [-0.05, 0) is 18.9 Å². The van der Waals surface area contributed by atoms with Crippen molar-refractivity contribution in [3.05, 3.63) is 24.3 Å². The molecule has 0 spiro atoms. The van der Waals surface area contributed by atoms with Gasteiger partial charge in [0, 0.05) is 32.4 Å². The molecule has 98 valence electrons. The molecule has 18 heavy (non-hydrogen) atoms. The van der Waals surface area contributed by atoms with Gasteiger partial charge in [-0.25, -0.2) is 9.97 Å². The molecule has 0 aliphatic heterocycles. The fourth-order valence-electron chi connectivity index (χ4n) is 2.72. The summed E-state index contributed by atoms with van der Waals surface area (Å²) < 4.78 is 0. The Labute approximate surface area is 107 Å². The average Bonchev–Trinajstić information content (AvgIpc) is 2.39. The van der Waals surface area contributed by atoms with Crippen LogP contribution >= 0.6 is 0 Å². The van der Waals surface area contributed by atoms with Crippen molar-refractivity contribution in [2.75, 3.05) is 14.1 Å². The van der Waals surface area contributed by atoms with Crippen LogP contribution in [0.5, 0.6) is 0 Å². The molecule has 0 bridgehead atoms. The number of aromatic nitrogens is 2. The smallest absolute Gasteiger partial charge is 0.242 e. The zero-order valence-electron chi connectivity index (χ0n) is 11.0. The topological polar surface area (TPSA) is 72.1 Å². The summed E-state index contributed by atoms with van der Waals surface area (Å²) in [6, 6.07) is 1.78. The van der Waals surface area contributed by atoms with Crippen molar-refractivity contribution in [1.29, 1.82) is 0 Å². The highest BCUT2D eigenvalue weighted by Gasteiger charge is 2.46. The molecule has 0 aromatic carbocycles. The van der Waals surface area contributed by atoms with Crippen molar-refractivity contribution in [3.63, 3.8) is 0 Å². The lowest BCUT2D eigenvalue weighted by molar-refractivity contribution is -0.136. The Bertz CT molecular complexity index is 420. The monoisotopic (exact) mass is 248 g/mol. The van der Waals surface area contributed by atoms with Gasteiger partial charge in [-0.1, -0.05) is 12.8 Å². The van der Waals surface area contributed by atoms with Gasteiger partial charge in [0.1, 0.15) is 11.4 Å². The molecule has 0 saturated heterocycles. The summed E-state index contributed by atoms with van der Waals surface area (Å²) >= 11 is 0. The molecule has 5 heteroatoms. The Balaban J connectivity index is 2.34. The molecule has 2 N–H and O–H groups in total. The predicted molar refractivity (Wildman–Crippen MR) is 68.9 cm³/mol. The third-order valence-electron chi connectivity index (χ3n) is 3.66. The normalized spacial score (nSPS) is 27.8. The zero-order chi connectivity index (χ0) is 13.2. The minimum Gasteiger partial charge on any atom is -0.347 e. The molecule has 1 aromatic rings. The Morgan fingerprint density at radius 2 is 2.06 bits per heavy atom. The predicted octanol–water partition coefficient (Wildman–Crippen LogP) is 0.920. The fraction of sp³-hybridized carbons (Fsp3) is 0.615. The van der Waals surface area contributed by atoms with E-state index in [9.17, 15) is 4.79 Å². The van der Waals surface area contributed by atoms with Gasteiger partial charge < -0.3 is 10.6 Å². The standard InChI is InChI=1S/C13H20N4O/c1-17(2)12(18)13(14)7-4-3-6-10(13)11-15-8-5-9-16-11/h5,8-10H,3-4,6-7,14H2,1-2H3. The molecule has 1 aliphatic carbocycles. The second-order valence-corrected chi connectivity index (χ2v) is 5.15. The van der Waals surface area contributed by atoms with Crippen molar-refractivity contribution in [2.24, 2.45) is 5.73 Å². The summed E-state index contributed by atoms with van der Waals surface area (Å²) in [5.41, 5.74) is 5.55. The maximum absolute atomic E-state index is 12.3. The molecule has 1 fully saturated rings. The van der Waals surface area contributed by atoms with Crippen LogP contribution in [-0.4, -0.2) is 40.4 Å². The number of likely N-dealkylation sites (N-methyl/N-ethyl adjacent to an activating group) is 1. The van der Waals surface area contributed by atoms with E-state index in [0.29, 0.717) is 12.2 Å². The number of hydrogen-bond acceptors (Lipinski definition) is 4. The molecule has 1 aliphatic rings. The number of carbonyl (C=O) groups excluding carboxylic acids is 1. The number of amides is 1. The lowest BCUT2D eigenvalue weighted by atomic mass is 9.72.